The number of morpholine rings is 1. The fraction of sp³-hybridized carbons (Fsp3) is 0.900. The molecule has 1 atom stereocenters. The minimum atomic E-state index is -0.207. The number of amides is 1. The van der Waals surface area contributed by atoms with E-state index in [1.807, 2.05) is 25.7 Å². The van der Waals surface area contributed by atoms with E-state index >= 15 is 0 Å². The van der Waals surface area contributed by atoms with Crippen LogP contribution in [-0.2, 0) is 9.53 Å². The van der Waals surface area contributed by atoms with Gasteiger partial charge >= 0.3 is 0 Å². The van der Waals surface area contributed by atoms with Crippen LogP contribution in [0.15, 0.2) is 0 Å². The summed E-state index contributed by atoms with van der Waals surface area (Å²) in [5.74, 6) is 0.156. The second-order valence-electron chi connectivity index (χ2n) is 4.38. The third-order valence-electron chi connectivity index (χ3n) is 2.54. The molecule has 0 bridgehead atoms. The van der Waals surface area contributed by atoms with Crippen LogP contribution in [0.5, 0.6) is 0 Å². The zero-order chi connectivity index (χ0) is 10.8. The van der Waals surface area contributed by atoms with Gasteiger partial charge in [0.2, 0.25) is 5.91 Å². The van der Waals surface area contributed by atoms with Crippen molar-refractivity contribution in [3.8, 4) is 0 Å². The third kappa shape index (κ3) is 2.69. The Balaban J connectivity index is 2.56. The van der Waals surface area contributed by atoms with Gasteiger partial charge in [0.1, 0.15) is 0 Å². The van der Waals surface area contributed by atoms with Gasteiger partial charge in [-0.05, 0) is 27.8 Å². The van der Waals surface area contributed by atoms with Crippen LogP contribution in [0.2, 0.25) is 0 Å². The highest BCUT2D eigenvalue weighted by molar-refractivity contribution is 5.81. The van der Waals surface area contributed by atoms with Crippen molar-refractivity contribution in [2.75, 3.05) is 26.7 Å². The number of nitrogens with one attached hydrogen (secondary N) is 1. The molecule has 1 aliphatic rings. The lowest BCUT2D eigenvalue weighted by molar-refractivity contribution is -0.147. The topological polar surface area (TPSA) is 41.6 Å². The summed E-state index contributed by atoms with van der Waals surface area (Å²) in [4.78, 5) is 13.7. The molecular formula is C10H20N2O2. The molecule has 0 aromatic rings. The molecule has 0 spiro atoms. The summed E-state index contributed by atoms with van der Waals surface area (Å²) in [6, 6.07) is -0.108. The SMILES string of the molecule is CN[C@@H](C)C(=O)N1CCOC(C)(C)C1. The molecule has 82 valence electrons. The smallest absolute Gasteiger partial charge is 0.239 e. The van der Waals surface area contributed by atoms with Gasteiger partial charge in [-0.3, -0.25) is 4.79 Å². The molecular weight excluding hydrogens is 180 g/mol. The molecule has 0 aromatic heterocycles. The van der Waals surface area contributed by atoms with Gasteiger partial charge in [0, 0.05) is 13.1 Å². The zero-order valence-electron chi connectivity index (χ0n) is 9.46. The van der Waals surface area contributed by atoms with Crippen molar-refractivity contribution in [3.05, 3.63) is 0 Å². The second-order valence-corrected chi connectivity index (χ2v) is 4.38. The number of ether oxygens (including phenoxy) is 1. The first-order valence-corrected chi connectivity index (χ1v) is 5.06. The fourth-order valence-corrected chi connectivity index (χ4v) is 1.60. The van der Waals surface area contributed by atoms with Crippen molar-refractivity contribution in [2.45, 2.75) is 32.4 Å². The normalized spacial score (nSPS) is 23.3. The maximum Gasteiger partial charge on any atom is 0.239 e. The van der Waals surface area contributed by atoms with Gasteiger partial charge in [-0.1, -0.05) is 0 Å². The Bertz CT molecular complexity index is 216. The Morgan fingerprint density at radius 2 is 2.21 bits per heavy atom. The highest BCUT2D eigenvalue weighted by Crippen LogP contribution is 2.16. The average Bonchev–Trinajstić information content (AvgIpc) is 2.14. The van der Waals surface area contributed by atoms with Crippen LogP contribution < -0.4 is 5.32 Å². The molecule has 1 saturated heterocycles. The number of carbonyl (C=O) groups is 1. The lowest BCUT2D eigenvalue weighted by atomic mass is 10.1. The van der Waals surface area contributed by atoms with Crippen molar-refractivity contribution >= 4 is 5.91 Å². The number of rotatable bonds is 2. The maximum atomic E-state index is 11.8. The number of hydrogen-bond donors (Lipinski definition) is 1. The summed E-state index contributed by atoms with van der Waals surface area (Å²) >= 11 is 0. The Hall–Kier alpha value is -0.610. The summed E-state index contributed by atoms with van der Waals surface area (Å²) < 4.78 is 5.54. The number of likely N-dealkylation sites (N-methyl/N-ethyl adjacent to an activating group) is 1. The number of nitrogens with zero attached hydrogens (tertiary/aromatic N) is 1. The van der Waals surface area contributed by atoms with Gasteiger partial charge < -0.3 is 15.0 Å². The second kappa shape index (κ2) is 4.28. The van der Waals surface area contributed by atoms with Crippen LogP contribution in [0.25, 0.3) is 0 Å². The molecule has 4 heteroatoms. The molecule has 4 nitrogen and oxygen atoms in total. The monoisotopic (exact) mass is 200 g/mol. The number of carbonyl (C=O) groups excluding carboxylic acids is 1. The first-order valence-electron chi connectivity index (χ1n) is 5.06. The Morgan fingerprint density at radius 1 is 1.57 bits per heavy atom. The summed E-state index contributed by atoms with van der Waals surface area (Å²) in [5.41, 5.74) is -0.207. The van der Waals surface area contributed by atoms with Crippen molar-refractivity contribution < 1.29 is 9.53 Å². The highest BCUT2D eigenvalue weighted by atomic mass is 16.5. The van der Waals surface area contributed by atoms with Gasteiger partial charge in [-0.25, -0.2) is 0 Å². The quantitative estimate of drug-likeness (QED) is 0.694. The van der Waals surface area contributed by atoms with Gasteiger partial charge in [0.15, 0.2) is 0 Å². The molecule has 0 unspecified atom stereocenters. The van der Waals surface area contributed by atoms with Crippen LogP contribution in [0.1, 0.15) is 20.8 Å². The first kappa shape index (κ1) is 11.5. The van der Waals surface area contributed by atoms with E-state index in [0.717, 1.165) is 0 Å². The molecule has 1 aliphatic heterocycles. The average molecular weight is 200 g/mol. The molecule has 0 aliphatic carbocycles. The van der Waals surface area contributed by atoms with E-state index in [-0.39, 0.29) is 17.6 Å². The minimum Gasteiger partial charge on any atom is -0.372 e. The molecule has 0 saturated carbocycles. The van der Waals surface area contributed by atoms with Crippen LogP contribution in [-0.4, -0.2) is 49.2 Å². The van der Waals surface area contributed by atoms with E-state index in [4.69, 9.17) is 4.74 Å². The molecule has 1 heterocycles. The highest BCUT2D eigenvalue weighted by Gasteiger charge is 2.31. The van der Waals surface area contributed by atoms with Crippen LogP contribution in [0.3, 0.4) is 0 Å². The van der Waals surface area contributed by atoms with Crippen molar-refractivity contribution in [1.29, 1.82) is 0 Å². The van der Waals surface area contributed by atoms with Crippen LogP contribution >= 0.6 is 0 Å². The van der Waals surface area contributed by atoms with E-state index in [9.17, 15) is 4.79 Å². The molecule has 14 heavy (non-hydrogen) atoms. The molecule has 0 radical (unpaired) electrons. The predicted octanol–water partition coefficient (Wildman–Crippen LogP) is 0.232. The van der Waals surface area contributed by atoms with Crippen molar-refractivity contribution in [1.82, 2.24) is 10.2 Å². The lowest BCUT2D eigenvalue weighted by Crippen LogP contribution is -2.54. The molecule has 0 aromatic carbocycles. The zero-order valence-corrected chi connectivity index (χ0v) is 9.46. The molecule has 1 rings (SSSR count). The van der Waals surface area contributed by atoms with E-state index in [2.05, 4.69) is 5.32 Å². The van der Waals surface area contributed by atoms with Crippen molar-refractivity contribution in [2.24, 2.45) is 0 Å². The lowest BCUT2D eigenvalue weighted by Gasteiger charge is -2.39. The van der Waals surface area contributed by atoms with Gasteiger partial charge in [0.25, 0.3) is 0 Å². The number of hydrogen-bond acceptors (Lipinski definition) is 3. The predicted molar refractivity (Wildman–Crippen MR) is 55.1 cm³/mol. The van der Waals surface area contributed by atoms with Crippen molar-refractivity contribution in [3.63, 3.8) is 0 Å². The van der Waals surface area contributed by atoms with E-state index < -0.39 is 0 Å². The molecule has 1 N–H and O–H groups in total. The summed E-state index contributed by atoms with van der Waals surface area (Å²) in [5, 5.41) is 2.96. The Kier molecular flexibility index (Phi) is 3.50. The standard InChI is InChI=1S/C10H20N2O2/c1-8(11-4)9(13)12-5-6-14-10(2,3)7-12/h8,11H,5-7H2,1-4H3/t8-/m0/s1. The van der Waals surface area contributed by atoms with Gasteiger partial charge in [-0.2, -0.15) is 0 Å². The Morgan fingerprint density at radius 3 is 2.71 bits per heavy atom. The summed E-state index contributed by atoms with van der Waals surface area (Å²) in [6.45, 7) is 7.92. The Labute approximate surface area is 85.6 Å². The van der Waals surface area contributed by atoms with Gasteiger partial charge in [0.05, 0.1) is 18.2 Å². The van der Waals surface area contributed by atoms with E-state index in [1.54, 1.807) is 7.05 Å². The summed E-state index contributed by atoms with van der Waals surface area (Å²) in [6.07, 6.45) is 0. The van der Waals surface area contributed by atoms with E-state index in [1.165, 1.54) is 0 Å². The van der Waals surface area contributed by atoms with Crippen LogP contribution in [0, 0.1) is 0 Å². The minimum absolute atomic E-state index is 0.108. The van der Waals surface area contributed by atoms with E-state index in [0.29, 0.717) is 19.7 Å². The maximum absolute atomic E-state index is 11.8. The third-order valence-corrected chi connectivity index (χ3v) is 2.54. The molecule has 1 amide bonds. The van der Waals surface area contributed by atoms with Crippen LogP contribution in [0.4, 0.5) is 0 Å². The molecule has 1 fully saturated rings. The first-order chi connectivity index (χ1) is 6.46. The largest absolute Gasteiger partial charge is 0.372 e. The summed E-state index contributed by atoms with van der Waals surface area (Å²) in [7, 11) is 1.80. The van der Waals surface area contributed by atoms with Gasteiger partial charge in [-0.15, -0.1) is 0 Å². The fourth-order valence-electron chi connectivity index (χ4n) is 1.60.